The van der Waals surface area contributed by atoms with Crippen LogP contribution in [0.3, 0.4) is 0 Å². The first kappa shape index (κ1) is 20.9. The van der Waals surface area contributed by atoms with Crippen molar-refractivity contribution in [2.45, 2.75) is 83.7 Å². The number of hydrogen-bond donors (Lipinski definition) is 2. The molecular formula is C18H32O4. The summed E-state index contributed by atoms with van der Waals surface area (Å²) in [6, 6.07) is 0. The monoisotopic (exact) mass is 312 g/mol. The van der Waals surface area contributed by atoms with Gasteiger partial charge in [-0.15, -0.1) is 0 Å². The lowest BCUT2D eigenvalue weighted by Crippen LogP contribution is -2.21. The smallest absolute Gasteiger partial charge is 0.370 e. The predicted molar refractivity (Wildman–Crippen MR) is 89.5 cm³/mol. The van der Waals surface area contributed by atoms with Crippen molar-refractivity contribution in [1.29, 1.82) is 0 Å². The number of unbranched alkanes of at least 4 members (excludes halogenated alkanes) is 7. The van der Waals surface area contributed by atoms with Gasteiger partial charge in [-0.2, -0.15) is 5.26 Å². The fourth-order valence-corrected chi connectivity index (χ4v) is 2.15. The van der Waals surface area contributed by atoms with Gasteiger partial charge in [-0.05, 0) is 38.5 Å². The Morgan fingerprint density at radius 2 is 1.55 bits per heavy atom. The highest BCUT2D eigenvalue weighted by molar-refractivity contribution is 5.73. The summed E-state index contributed by atoms with van der Waals surface area (Å²) in [6.07, 6.45) is 19.2. The number of rotatable bonds is 14. The zero-order valence-electron chi connectivity index (χ0n) is 13.9. The van der Waals surface area contributed by atoms with E-state index in [0.717, 1.165) is 38.5 Å². The van der Waals surface area contributed by atoms with E-state index in [2.05, 4.69) is 36.1 Å². The predicted octanol–water partition coefficient (Wildman–Crippen LogP) is 4.79. The molecule has 0 aromatic carbocycles. The molecule has 0 aliphatic heterocycles. The Morgan fingerprint density at radius 1 is 0.955 bits per heavy atom. The highest BCUT2D eigenvalue weighted by Crippen LogP contribution is 2.09. The van der Waals surface area contributed by atoms with Gasteiger partial charge in [-0.3, -0.25) is 4.89 Å². The molecule has 0 saturated heterocycles. The number of aliphatic hydroxyl groups excluding tert-OH is 1. The van der Waals surface area contributed by atoms with Crippen molar-refractivity contribution in [3.63, 3.8) is 0 Å². The maximum absolute atomic E-state index is 10.7. The summed E-state index contributed by atoms with van der Waals surface area (Å²) in [5.41, 5.74) is 0. The lowest BCUT2D eigenvalue weighted by Gasteiger charge is -2.05. The number of hydrogen-bond acceptors (Lipinski definition) is 4. The summed E-state index contributed by atoms with van der Waals surface area (Å²) in [4.78, 5) is 14.2. The zero-order valence-corrected chi connectivity index (χ0v) is 13.9. The van der Waals surface area contributed by atoms with Crippen LogP contribution in [-0.2, 0) is 9.68 Å². The number of carbonyl (C=O) groups excluding carboxylic acids is 1. The minimum absolute atomic E-state index is 0.345. The maximum atomic E-state index is 10.7. The van der Waals surface area contributed by atoms with E-state index in [1.54, 1.807) is 0 Å². The van der Waals surface area contributed by atoms with Gasteiger partial charge in [0.25, 0.3) is 0 Å². The largest absolute Gasteiger partial charge is 0.381 e. The van der Waals surface area contributed by atoms with Crippen molar-refractivity contribution in [3.8, 4) is 0 Å². The molecule has 2 N–H and O–H groups in total. The van der Waals surface area contributed by atoms with Crippen LogP contribution in [0.5, 0.6) is 0 Å². The molecule has 0 aromatic rings. The molecule has 0 saturated carbocycles. The molecule has 4 nitrogen and oxygen atoms in total. The quantitative estimate of drug-likeness (QED) is 0.209. The molecule has 0 rings (SSSR count). The van der Waals surface area contributed by atoms with Crippen LogP contribution in [0.4, 0.5) is 0 Å². The van der Waals surface area contributed by atoms with Gasteiger partial charge in [-0.1, -0.05) is 63.3 Å². The molecule has 0 radical (unpaired) electrons. The van der Waals surface area contributed by atoms with Crippen LogP contribution in [0.15, 0.2) is 24.3 Å². The van der Waals surface area contributed by atoms with Crippen LogP contribution in [-0.4, -0.2) is 22.4 Å². The maximum Gasteiger partial charge on any atom is 0.370 e. The van der Waals surface area contributed by atoms with Crippen molar-refractivity contribution in [3.05, 3.63) is 24.3 Å². The molecule has 128 valence electrons. The highest BCUT2D eigenvalue weighted by atomic mass is 17.1. The Bertz CT molecular complexity index is 310. The SMILES string of the molecule is CCCCC/C=C\C/C=C\CCCCCCC(O)C(=O)OO. The molecule has 1 atom stereocenters. The molecule has 22 heavy (non-hydrogen) atoms. The second-order valence-corrected chi connectivity index (χ2v) is 5.59. The molecule has 4 heteroatoms. The van der Waals surface area contributed by atoms with Gasteiger partial charge in [-0.25, -0.2) is 4.79 Å². The first-order chi connectivity index (χ1) is 10.7. The van der Waals surface area contributed by atoms with Gasteiger partial charge < -0.3 is 5.11 Å². The summed E-state index contributed by atoms with van der Waals surface area (Å²) < 4.78 is 0. The highest BCUT2D eigenvalue weighted by Gasteiger charge is 2.15. The van der Waals surface area contributed by atoms with Gasteiger partial charge >= 0.3 is 5.97 Å². The van der Waals surface area contributed by atoms with E-state index in [-0.39, 0.29) is 0 Å². The Morgan fingerprint density at radius 3 is 2.14 bits per heavy atom. The number of carbonyl (C=O) groups is 1. The van der Waals surface area contributed by atoms with Crippen molar-refractivity contribution in [2.75, 3.05) is 0 Å². The average Bonchev–Trinajstić information content (AvgIpc) is 2.54. The molecule has 0 fully saturated rings. The summed E-state index contributed by atoms with van der Waals surface area (Å²) in [7, 11) is 0. The molecule has 0 bridgehead atoms. The van der Waals surface area contributed by atoms with E-state index < -0.39 is 12.1 Å². The van der Waals surface area contributed by atoms with Gasteiger partial charge in [0.05, 0.1) is 0 Å². The Kier molecular flexibility index (Phi) is 15.4. The third-order valence-corrected chi connectivity index (χ3v) is 3.54. The van der Waals surface area contributed by atoms with E-state index in [1.165, 1.54) is 25.7 Å². The second-order valence-electron chi connectivity index (χ2n) is 5.59. The molecule has 0 spiro atoms. The third-order valence-electron chi connectivity index (χ3n) is 3.54. The van der Waals surface area contributed by atoms with Crippen molar-refractivity contribution >= 4 is 5.97 Å². The van der Waals surface area contributed by atoms with Gasteiger partial charge in [0, 0.05) is 0 Å². The second kappa shape index (κ2) is 16.2. The fraction of sp³-hybridized carbons (Fsp3) is 0.722. The zero-order chi connectivity index (χ0) is 16.5. The van der Waals surface area contributed by atoms with Gasteiger partial charge in [0.15, 0.2) is 6.10 Å². The minimum Gasteiger partial charge on any atom is -0.381 e. The Labute approximate surface area is 134 Å². The fourth-order valence-electron chi connectivity index (χ4n) is 2.15. The summed E-state index contributed by atoms with van der Waals surface area (Å²) in [5, 5.41) is 17.4. The summed E-state index contributed by atoms with van der Waals surface area (Å²) in [5.74, 6) is -0.967. The van der Waals surface area contributed by atoms with E-state index >= 15 is 0 Å². The van der Waals surface area contributed by atoms with Crippen molar-refractivity contribution in [2.24, 2.45) is 0 Å². The van der Waals surface area contributed by atoms with Crippen LogP contribution >= 0.6 is 0 Å². The third kappa shape index (κ3) is 13.8. The van der Waals surface area contributed by atoms with Gasteiger partial charge in [0.2, 0.25) is 0 Å². The molecule has 0 heterocycles. The van der Waals surface area contributed by atoms with Crippen molar-refractivity contribution in [1.82, 2.24) is 0 Å². The van der Waals surface area contributed by atoms with E-state index in [0.29, 0.717) is 6.42 Å². The van der Waals surface area contributed by atoms with E-state index in [4.69, 9.17) is 5.26 Å². The molecule has 0 amide bonds. The first-order valence-electron chi connectivity index (χ1n) is 8.55. The number of allylic oxidation sites excluding steroid dienone is 4. The molecule has 0 aromatic heterocycles. The lowest BCUT2D eigenvalue weighted by atomic mass is 10.1. The van der Waals surface area contributed by atoms with E-state index in [1.807, 2.05) is 0 Å². The van der Waals surface area contributed by atoms with Crippen LogP contribution in [0, 0.1) is 0 Å². The van der Waals surface area contributed by atoms with Crippen LogP contribution in [0.25, 0.3) is 0 Å². The summed E-state index contributed by atoms with van der Waals surface area (Å²) >= 11 is 0. The topological polar surface area (TPSA) is 66.8 Å². The Hall–Kier alpha value is -1.13. The number of aliphatic hydroxyl groups is 1. The normalized spacial score (nSPS) is 13.0. The Balaban J connectivity index is 3.32. The van der Waals surface area contributed by atoms with Gasteiger partial charge in [0.1, 0.15) is 0 Å². The summed E-state index contributed by atoms with van der Waals surface area (Å²) in [6.45, 7) is 2.22. The van der Waals surface area contributed by atoms with Crippen molar-refractivity contribution < 1.29 is 20.0 Å². The van der Waals surface area contributed by atoms with Crippen LogP contribution in [0.2, 0.25) is 0 Å². The average molecular weight is 312 g/mol. The molecule has 0 aliphatic carbocycles. The van der Waals surface area contributed by atoms with Crippen LogP contribution in [0.1, 0.15) is 77.6 Å². The molecule has 0 aliphatic rings. The first-order valence-corrected chi connectivity index (χ1v) is 8.55. The van der Waals surface area contributed by atoms with Crippen LogP contribution < -0.4 is 0 Å². The lowest BCUT2D eigenvalue weighted by molar-refractivity contribution is -0.242. The van der Waals surface area contributed by atoms with E-state index in [9.17, 15) is 9.90 Å². The molecular weight excluding hydrogens is 280 g/mol. The minimum atomic E-state index is -1.20. The molecule has 1 unspecified atom stereocenters. The standard InChI is InChI=1S/C18H32O4/c1-2-3-4-5-6-7-8-9-10-11-12-13-14-15-16-17(19)18(20)22-21/h6-7,9-10,17,19,21H,2-5,8,11-16H2,1H3/b7-6-,10-9-.